The zero-order valence-corrected chi connectivity index (χ0v) is 15.4. The van der Waals surface area contributed by atoms with E-state index in [9.17, 15) is 9.59 Å². The molecule has 0 aliphatic heterocycles. The predicted octanol–water partition coefficient (Wildman–Crippen LogP) is 3.26. The summed E-state index contributed by atoms with van der Waals surface area (Å²) >= 11 is 0. The molecule has 25 heavy (non-hydrogen) atoms. The van der Waals surface area contributed by atoms with Crippen LogP contribution >= 0.6 is 0 Å². The van der Waals surface area contributed by atoms with Gasteiger partial charge in [-0.3, -0.25) is 14.3 Å². The summed E-state index contributed by atoms with van der Waals surface area (Å²) < 4.78 is 7.34. The van der Waals surface area contributed by atoms with E-state index in [4.69, 9.17) is 4.74 Å². The fraction of sp³-hybridized carbons (Fsp3) is 0.421. The van der Waals surface area contributed by atoms with Crippen molar-refractivity contribution in [2.75, 3.05) is 5.32 Å². The van der Waals surface area contributed by atoms with Gasteiger partial charge in [0.15, 0.2) is 0 Å². The molecule has 0 bridgehead atoms. The predicted molar refractivity (Wildman–Crippen MR) is 96.6 cm³/mol. The van der Waals surface area contributed by atoms with E-state index >= 15 is 0 Å². The summed E-state index contributed by atoms with van der Waals surface area (Å²) in [4.78, 5) is 23.3. The molecule has 1 aromatic heterocycles. The van der Waals surface area contributed by atoms with E-state index in [0.29, 0.717) is 17.4 Å². The summed E-state index contributed by atoms with van der Waals surface area (Å²) in [5, 5.41) is 7.19. The van der Waals surface area contributed by atoms with Crippen LogP contribution in [0.5, 0.6) is 5.75 Å². The van der Waals surface area contributed by atoms with Gasteiger partial charge in [0.2, 0.25) is 5.91 Å². The van der Waals surface area contributed by atoms with E-state index in [-0.39, 0.29) is 18.3 Å². The smallest absolute Gasteiger partial charge is 0.315 e. The Morgan fingerprint density at radius 2 is 1.84 bits per heavy atom. The highest BCUT2D eigenvalue weighted by atomic mass is 16.5. The Balaban J connectivity index is 2.03. The van der Waals surface area contributed by atoms with Crippen LogP contribution in [0, 0.1) is 19.8 Å². The summed E-state index contributed by atoms with van der Waals surface area (Å²) in [5.41, 5.74) is 3.44. The lowest BCUT2D eigenvalue weighted by Crippen LogP contribution is -2.13. The van der Waals surface area contributed by atoms with Crippen LogP contribution in [-0.4, -0.2) is 21.7 Å². The molecule has 6 heteroatoms. The molecule has 0 saturated heterocycles. The van der Waals surface area contributed by atoms with Gasteiger partial charge in [0.05, 0.1) is 12.1 Å². The second-order valence-corrected chi connectivity index (χ2v) is 6.58. The molecular formula is C19H25N3O3. The number of aryl methyl sites for hydroxylation is 1. The third kappa shape index (κ3) is 5.17. The first kappa shape index (κ1) is 18.7. The van der Waals surface area contributed by atoms with Crippen molar-refractivity contribution >= 4 is 17.6 Å². The summed E-state index contributed by atoms with van der Waals surface area (Å²) in [6.45, 7) is 10.4. The highest BCUT2D eigenvalue weighted by Gasteiger charge is 2.17. The van der Waals surface area contributed by atoms with E-state index in [1.165, 1.54) is 6.92 Å². The van der Waals surface area contributed by atoms with E-state index < -0.39 is 0 Å². The van der Waals surface area contributed by atoms with Gasteiger partial charge in [0.25, 0.3) is 0 Å². The maximum atomic E-state index is 12.3. The maximum absolute atomic E-state index is 12.3. The van der Waals surface area contributed by atoms with Crippen molar-refractivity contribution in [3.63, 3.8) is 0 Å². The third-order valence-corrected chi connectivity index (χ3v) is 3.80. The number of esters is 1. The van der Waals surface area contributed by atoms with E-state index in [1.54, 1.807) is 24.3 Å². The van der Waals surface area contributed by atoms with Gasteiger partial charge >= 0.3 is 5.97 Å². The number of rotatable bonds is 6. The third-order valence-electron chi connectivity index (χ3n) is 3.80. The first-order valence-corrected chi connectivity index (χ1v) is 8.37. The number of hydrogen-bond acceptors (Lipinski definition) is 4. The van der Waals surface area contributed by atoms with Crippen molar-refractivity contribution in [1.82, 2.24) is 9.78 Å². The molecule has 0 aliphatic carbocycles. The number of nitrogens with one attached hydrogen (secondary N) is 1. The fourth-order valence-electron chi connectivity index (χ4n) is 2.63. The zero-order chi connectivity index (χ0) is 18.6. The average Bonchev–Trinajstić information content (AvgIpc) is 2.75. The van der Waals surface area contributed by atoms with Crippen molar-refractivity contribution in [2.45, 2.75) is 47.6 Å². The molecule has 0 aliphatic rings. The van der Waals surface area contributed by atoms with Gasteiger partial charge in [0, 0.05) is 30.4 Å². The molecule has 1 aromatic carbocycles. The molecule has 1 amide bonds. The van der Waals surface area contributed by atoms with Crippen LogP contribution < -0.4 is 10.1 Å². The molecule has 0 unspecified atom stereocenters. The van der Waals surface area contributed by atoms with Crippen molar-refractivity contribution < 1.29 is 14.3 Å². The van der Waals surface area contributed by atoms with E-state index in [0.717, 1.165) is 23.5 Å². The minimum absolute atomic E-state index is 0.144. The van der Waals surface area contributed by atoms with Gasteiger partial charge in [-0.05, 0) is 44.0 Å². The Hall–Kier alpha value is -2.63. The zero-order valence-electron chi connectivity index (χ0n) is 15.4. The quantitative estimate of drug-likeness (QED) is 0.645. The number of carbonyl (C=O) groups is 2. The monoisotopic (exact) mass is 343 g/mol. The molecule has 0 spiro atoms. The van der Waals surface area contributed by atoms with Crippen LogP contribution in [0.4, 0.5) is 5.69 Å². The van der Waals surface area contributed by atoms with Crippen LogP contribution in [-0.2, 0) is 22.6 Å². The molecule has 1 N–H and O–H groups in total. The Labute approximate surface area is 148 Å². The van der Waals surface area contributed by atoms with E-state index in [1.807, 2.05) is 18.5 Å². The molecule has 0 radical (unpaired) electrons. The largest absolute Gasteiger partial charge is 0.426 e. The normalized spacial score (nSPS) is 10.8. The van der Waals surface area contributed by atoms with Crippen LogP contribution in [0.2, 0.25) is 0 Å². The Morgan fingerprint density at radius 3 is 2.40 bits per heavy atom. The number of anilines is 1. The number of ether oxygens (including phenoxy) is 1. The number of amides is 1. The Morgan fingerprint density at radius 1 is 1.20 bits per heavy atom. The van der Waals surface area contributed by atoms with Gasteiger partial charge < -0.3 is 10.1 Å². The Bertz CT molecular complexity index is 761. The molecule has 134 valence electrons. The van der Waals surface area contributed by atoms with E-state index in [2.05, 4.69) is 24.3 Å². The fourth-order valence-corrected chi connectivity index (χ4v) is 2.63. The number of aromatic nitrogens is 2. The number of carbonyl (C=O) groups excluding carboxylic acids is 2. The highest BCUT2D eigenvalue weighted by Crippen LogP contribution is 2.19. The summed E-state index contributed by atoms with van der Waals surface area (Å²) in [6.07, 6.45) is 0.184. The maximum Gasteiger partial charge on any atom is 0.315 e. The molecular weight excluding hydrogens is 318 g/mol. The molecule has 0 saturated carbocycles. The first-order chi connectivity index (χ1) is 11.8. The van der Waals surface area contributed by atoms with Crippen LogP contribution in [0.3, 0.4) is 0 Å². The van der Waals surface area contributed by atoms with Crippen molar-refractivity contribution in [1.29, 1.82) is 0 Å². The van der Waals surface area contributed by atoms with Crippen molar-refractivity contribution in [3.05, 3.63) is 41.2 Å². The minimum atomic E-state index is -0.331. The second-order valence-electron chi connectivity index (χ2n) is 6.58. The summed E-state index contributed by atoms with van der Waals surface area (Å²) in [6, 6.07) is 6.71. The Kier molecular flexibility index (Phi) is 5.96. The molecule has 2 rings (SSSR count). The second kappa shape index (κ2) is 7.96. The first-order valence-electron chi connectivity index (χ1n) is 8.37. The lowest BCUT2D eigenvalue weighted by Gasteiger charge is -2.08. The number of hydrogen-bond donors (Lipinski definition) is 1. The molecule has 6 nitrogen and oxygen atoms in total. The molecule has 0 atom stereocenters. The SMILES string of the molecule is CC(=O)Nc1ccc(OC(=O)Cc2c(C)nn(CC(C)C)c2C)cc1. The van der Waals surface area contributed by atoms with Crippen molar-refractivity contribution in [3.8, 4) is 5.75 Å². The van der Waals surface area contributed by atoms with Gasteiger partial charge in [-0.25, -0.2) is 0 Å². The van der Waals surface area contributed by atoms with Crippen molar-refractivity contribution in [2.24, 2.45) is 5.92 Å². The lowest BCUT2D eigenvalue weighted by molar-refractivity contribution is -0.133. The average molecular weight is 343 g/mol. The van der Waals surface area contributed by atoms with Gasteiger partial charge in [-0.2, -0.15) is 5.10 Å². The standard InChI is InChI=1S/C19H25N3O3/c1-12(2)11-22-14(4)18(13(3)21-22)10-19(24)25-17-8-6-16(7-9-17)20-15(5)23/h6-9,12H,10-11H2,1-5H3,(H,20,23). The lowest BCUT2D eigenvalue weighted by atomic mass is 10.1. The van der Waals surface area contributed by atoms with Gasteiger partial charge in [0.1, 0.15) is 5.75 Å². The van der Waals surface area contributed by atoms with Crippen LogP contribution in [0.1, 0.15) is 37.7 Å². The molecule has 1 heterocycles. The summed E-state index contributed by atoms with van der Waals surface area (Å²) in [5.74, 6) is 0.459. The van der Waals surface area contributed by atoms with Crippen LogP contribution in [0.25, 0.3) is 0 Å². The summed E-state index contributed by atoms with van der Waals surface area (Å²) in [7, 11) is 0. The minimum Gasteiger partial charge on any atom is -0.426 e. The topological polar surface area (TPSA) is 73.2 Å². The molecule has 2 aromatic rings. The number of benzene rings is 1. The van der Waals surface area contributed by atoms with Gasteiger partial charge in [-0.15, -0.1) is 0 Å². The highest BCUT2D eigenvalue weighted by molar-refractivity contribution is 5.88. The molecule has 0 fully saturated rings. The number of nitrogens with zero attached hydrogens (tertiary/aromatic N) is 2. The van der Waals surface area contributed by atoms with Gasteiger partial charge in [-0.1, -0.05) is 13.8 Å². The van der Waals surface area contributed by atoms with Crippen LogP contribution in [0.15, 0.2) is 24.3 Å².